The Hall–Kier alpha value is -1.44. The van der Waals surface area contributed by atoms with E-state index in [1.807, 2.05) is 0 Å². The molecule has 2 rings (SSSR count). The molecule has 2 N–H and O–H groups in total. The number of hydrogen-bond acceptors (Lipinski definition) is 6. The number of nitrogens with two attached hydrogens (primary N) is 1. The van der Waals surface area contributed by atoms with Crippen molar-refractivity contribution in [2.45, 2.75) is 13.0 Å². The molecule has 1 aromatic heterocycles. The molecular formula is C13H22N4O3. The summed E-state index contributed by atoms with van der Waals surface area (Å²) in [5.74, 6) is 0.506. The molecule has 1 aliphatic rings. The predicted octanol–water partition coefficient (Wildman–Crippen LogP) is -0.697. The Labute approximate surface area is 118 Å². The summed E-state index contributed by atoms with van der Waals surface area (Å²) in [6, 6.07) is 1.48. The highest BCUT2D eigenvalue weighted by Gasteiger charge is 2.10. The highest BCUT2D eigenvalue weighted by atomic mass is 16.5. The van der Waals surface area contributed by atoms with E-state index >= 15 is 0 Å². The summed E-state index contributed by atoms with van der Waals surface area (Å²) in [4.78, 5) is 14.2. The van der Waals surface area contributed by atoms with Gasteiger partial charge in [0.2, 0.25) is 0 Å². The molecule has 0 aromatic carbocycles. The van der Waals surface area contributed by atoms with Gasteiger partial charge in [-0.3, -0.25) is 9.69 Å². The van der Waals surface area contributed by atoms with Crippen LogP contribution in [-0.4, -0.2) is 60.7 Å². The van der Waals surface area contributed by atoms with Gasteiger partial charge in [0.1, 0.15) is 5.75 Å². The Morgan fingerprint density at radius 2 is 2.15 bits per heavy atom. The maximum absolute atomic E-state index is 11.9. The van der Waals surface area contributed by atoms with Crippen molar-refractivity contribution < 1.29 is 9.47 Å². The minimum atomic E-state index is -0.136. The monoisotopic (exact) mass is 282 g/mol. The number of ether oxygens (including phenoxy) is 2. The molecule has 0 unspecified atom stereocenters. The number of nitrogens with zero attached hydrogens (tertiary/aromatic N) is 3. The summed E-state index contributed by atoms with van der Waals surface area (Å²) in [5, 5.41) is 4.13. The Morgan fingerprint density at radius 1 is 1.35 bits per heavy atom. The van der Waals surface area contributed by atoms with Gasteiger partial charge in [-0.15, -0.1) is 0 Å². The lowest BCUT2D eigenvalue weighted by Crippen LogP contribution is -2.39. The van der Waals surface area contributed by atoms with Crippen LogP contribution in [0.15, 0.2) is 17.1 Å². The molecular weight excluding hydrogens is 260 g/mol. The molecule has 2 heterocycles. The molecule has 20 heavy (non-hydrogen) atoms. The summed E-state index contributed by atoms with van der Waals surface area (Å²) in [7, 11) is 0. The number of aromatic nitrogens is 2. The van der Waals surface area contributed by atoms with E-state index in [-0.39, 0.29) is 5.56 Å². The van der Waals surface area contributed by atoms with Gasteiger partial charge in [-0.1, -0.05) is 0 Å². The zero-order chi connectivity index (χ0) is 14.2. The minimum absolute atomic E-state index is 0.136. The zero-order valence-electron chi connectivity index (χ0n) is 11.7. The summed E-state index contributed by atoms with van der Waals surface area (Å²) < 4.78 is 12.1. The third kappa shape index (κ3) is 4.59. The second kappa shape index (κ2) is 7.98. The van der Waals surface area contributed by atoms with Crippen LogP contribution in [0.4, 0.5) is 0 Å². The quantitative estimate of drug-likeness (QED) is 0.666. The molecule has 1 saturated heterocycles. The van der Waals surface area contributed by atoms with Crippen LogP contribution >= 0.6 is 0 Å². The van der Waals surface area contributed by atoms with Gasteiger partial charge in [0.15, 0.2) is 0 Å². The summed E-state index contributed by atoms with van der Waals surface area (Å²) >= 11 is 0. The van der Waals surface area contributed by atoms with Crippen LogP contribution in [0, 0.1) is 0 Å². The number of rotatable bonds is 7. The Morgan fingerprint density at radius 3 is 2.85 bits per heavy atom. The molecule has 0 aliphatic carbocycles. The topological polar surface area (TPSA) is 82.6 Å². The Balaban J connectivity index is 1.83. The molecule has 0 saturated carbocycles. The fraction of sp³-hybridized carbons (Fsp3) is 0.692. The van der Waals surface area contributed by atoms with Crippen LogP contribution in [0.5, 0.6) is 5.75 Å². The average Bonchev–Trinajstić information content (AvgIpc) is 2.48. The first kappa shape index (κ1) is 15.0. The lowest BCUT2D eigenvalue weighted by molar-refractivity contribution is 0.0358. The first-order valence-corrected chi connectivity index (χ1v) is 7.00. The molecule has 112 valence electrons. The van der Waals surface area contributed by atoms with Gasteiger partial charge < -0.3 is 15.2 Å². The standard InChI is InChI=1S/C13H22N4O3/c14-2-1-7-20-12-10-13(18)17(15-11-12)4-3-16-5-8-19-9-6-16/h10-11H,1-9,14H2. The molecule has 1 aromatic rings. The van der Waals surface area contributed by atoms with Crippen molar-refractivity contribution >= 4 is 0 Å². The van der Waals surface area contributed by atoms with Crippen LogP contribution in [0.25, 0.3) is 0 Å². The van der Waals surface area contributed by atoms with Gasteiger partial charge in [-0.05, 0) is 13.0 Å². The van der Waals surface area contributed by atoms with E-state index in [1.165, 1.54) is 10.7 Å². The lowest BCUT2D eigenvalue weighted by Gasteiger charge is -2.26. The fourth-order valence-electron chi connectivity index (χ4n) is 2.00. The van der Waals surface area contributed by atoms with E-state index in [0.29, 0.717) is 25.4 Å². The third-order valence-corrected chi connectivity index (χ3v) is 3.19. The third-order valence-electron chi connectivity index (χ3n) is 3.19. The van der Waals surface area contributed by atoms with Crippen molar-refractivity contribution in [1.29, 1.82) is 0 Å². The first-order valence-electron chi connectivity index (χ1n) is 7.00. The van der Waals surface area contributed by atoms with Gasteiger partial charge in [0.05, 0.1) is 32.6 Å². The van der Waals surface area contributed by atoms with E-state index in [0.717, 1.165) is 39.3 Å². The first-order chi connectivity index (χ1) is 9.79. The second-order valence-electron chi connectivity index (χ2n) is 4.70. The largest absolute Gasteiger partial charge is 0.492 e. The van der Waals surface area contributed by atoms with E-state index in [9.17, 15) is 4.79 Å². The van der Waals surface area contributed by atoms with Crippen molar-refractivity contribution in [1.82, 2.24) is 14.7 Å². The van der Waals surface area contributed by atoms with Crippen molar-refractivity contribution in [3.63, 3.8) is 0 Å². The van der Waals surface area contributed by atoms with Crippen LogP contribution in [-0.2, 0) is 11.3 Å². The van der Waals surface area contributed by atoms with Gasteiger partial charge in [-0.2, -0.15) is 5.10 Å². The maximum Gasteiger partial charge on any atom is 0.270 e. The lowest BCUT2D eigenvalue weighted by atomic mass is 10.4. The molecule has 7 nitrogen and oxygen atoms in total. The van der Waals surface area contributed by atoms with E-state index in [2.05, 4.69) is 10.00 Å². The van der Waals surface area contributed by atoms with Crippen molar-refractivity contribution in [3.05, 3.63) is 22.6 Å². The van der Waals surface area contributed by atoms with Crippen molar-refractivity contribution in [2.75, 3.05) is 46.0 Å². The maximum atomic E-state index is 11.9. The summed E-state index contributed by atoms with van der Waals surface area (Å²) in [5.41, 5.74) is 5.25. The van der Waals surface area contributed by atoms with E-state index < -0.39 is 0 Å². The molecule has 0 amide bonds. The van der Waals surface area contributed by atoms with Crippen LogP contribution in [0.3, 0.4) is 0 Å². The number of morpholine rings is 1. The molecule has 1 fully saturated rings. The SMILES string of the molecule is NCCCOc1cnn(CCN2CCOCC2)c(=O)c1. The molecule has 0 spiro atoms. The fourth-order valence-corrected chi connectivity index (χ4v) is 2.00. The van der Waals surface area contributed by atoms with Gasteiger partial charge in [0, 0.05) is 25.7 Å². The zero-order valence-corrected chi connectivity index (χ0v) is 11.7. The minimum Gasteiger partial charge on any atom is -0.492 e. The van der Waals surface area contributed by atoms with Gasteiger partial charge >= 0.3 is 0 Å². The summed E-state index contributed by atoms with van der Waals surface area (Å²) in [6.07, 6.45) is 2.34. The molecule has 1 aliphatic heterocycles. The van der Waals surface area contributed by atoms with Crippen molar-refractivity contribution in [2.24, 2.45) is 5.73 Å². The Kier molecular flexibility index (Phi) is 5.97. The second-order valence-corrected chi connectivity index (χ2v) is 4.70. The predicted molar refractivity (Wildman–Crippen MR) is 74.9 cm³/mol. The van der Waals surface area contributed by atoms with Crippen LogP contribution in [0.1, 0.15) is 6.42 Å². The van der Waals surface area contributed by atoms with E-state index in [4.69, 9.17) is 15.2 Å². The highest BCUT2D eigenvalue weighted by molar-refractivity contribution is 5.13. The van der Waals surface area contributed by atoms with E-state index in [1.54, 1.807) is 6.20 Å². The molecule has 0 atom stereocenters. The van der Waals surface area contributed by atoms with Gasteiger partial charge in [-0.25, -0.2) is 4.68 Å². The molecule has 7 heteroatoms. The molecule has 0 bridgehead atoms. The number of hydrogen-bond donors (Lipinski definition) is 1. The highest BCUT2D eigenvalue weighted by Crippen LogP contribution is 2.04. The molecule has 0 radical (unpaired) electrons. The normalized spacial score (nSPS) is 16.2. The van der Waals surface area contributed by atoms with Gasteiger partial charge in [0.25, 0.3) is 5.56 Å². The smallest absolute Gasteiger partial charge is 0.270 e. The Bertz CT molecular complexity index is 457. The average molecular weight is 282 g/mol. The van der Waals surface area contributed by atoms with Crippen LogP contribution < -0.4 is 16.0 Å². The van der Waals surface area contributed by atoms with Crippen molar-refractivity contribution in [3.8, 4) is 5.75 Å². The van der Waals surface area contributed by atoms with Crippen LogP contribution in [0.2, 0.25) is 0 Å². The summed E-state index contributed by atoms with van der Waals surface area (Å²) in [6.45, 7) is 5.82.